The summed E-state index contributed by atoms with van der Waals surface area (Å²) >= 11 is 0. The van der Waals surface area contributed by atoms with E-state index >= 15 is 0 Å². The molecule has 1 rings (SSSR count). The fraction of sp³-hybridized carbons (Fsp3) is 0.783. The van der Waals surface area contributed by atoms with Crippen molar-refractivity contribution in [1.82, 2.24) is 0 Å². The van der Waals surface area contributed by atoms with Gasteiger partial charge in [0.2, 0.25) is 0 Å². The number of rotatable bonds is 1. The van der Waals surface area contributed by atoms with Gasteiger partial charge in [-0.3, -0.25) is 0 Å². The van der Waals surface area contributed by atoms with E-state index in [1.165, 1.54) is 0 Å². The van der Waals surface area contributed by atoms with E-state index in [1.54, 1.807) is 6.08 Å². The standard InChI is InChI=1S/C23H40O3/c1-19(2,3)15-13-14(18(24)25)16(20(4,5)6)17(21(7,8)9)23(15,26)22(10,11)12/h13,17,26H,1-12H3,(H,24,25). The Bertz CT molecular complexity index is 637. The third kappa shape index (κ3) is 3.78. The van der Waals surface area contributed by atoms with Crippen molar-refractivity contribution >= 4 is 5.97 Å². The number of hydrogen-bond acceptors (Lipinski definition) is 2. The second kappa shape index (κ2) is 6.22. The highest BCUT2D eigenvalue weighted by Gasteiger charge is 2.60. The van der Waals surface area contributed by atoms with Gasteiger partial charge in [0.05, 0.1) is 11.2 Å². The number of aliphatic hydroxyl groups is 1. The van der Waals surface area contributed by atoms with Crippen molar-refractivity contribution in [1.29, 1.82) is 0 Å². The van der Waals surface area contributed by atoms with Gasteiger partial charge in [-0.15, -0.1) is 0 Å². The molecule has 3 nitrogen and oxygen atoms in total. The van der Waals surface area contributed by atoms with E-state index < -0.39 is 17.0 Å². The molecule has 0 radical (unpaired) electrons. The van der Waals surface area contributed by atoms with Crippen LogP contribution < -0.4 is 0 Å². The molecule has 0 aromatic heterocycles. The van der Waals surface area contributed by atoms with Crippen LogP contribution in [0, 0.1) is 27.6 Å². The maximum absolute atomic E-state index is 12.3. The molecule has 2 atom stereocenters. The predicted molar refractivity (Wildman–Crippen MR) is 109 cm³/mol. The Labute approximate surface area is 160 Å². The first-order valence-electron chi connectivity index (χ1n) is 9.59. The van der Waals surface area contributed by atoms with E-state index in [4.69, 9.17) is 0 Å². The van der Waals surface area contributed by atoms with Crippen LogP contribution in [0.15, 0.2) is 22.8 Å². The number of carboxylic acids is 1. The first-order valence-corrected chi connectivity index (χ1v) is 9.59. The van der Waals surface area contributed by atoms with Crippen LogP contribution in [0.25, 0.3) is 0 Å². The van der Waals surface area contributed by atoms with Crippen molar-refractivity contribution in [2.75, 3.05) is 0 Å². The van der Waals surface area contributed by atoms with Gasteiger partial charge >= 0.3 is 5.97 Å². The van der Waals surface area contributed by atoms with Crippen LogP contribution in [-0.2, 0) is 4.79 Å². The fourth-order valence-corrected chi connectivity index (χ4v) is 4.55. The Morgan fingerprint density at radius 3 is 1.54 bits per heavy atom. The molecule has 0 aliphatic heterocycles. The van der Waals surface area contributed by atoms with Gasteiger partial charge in [-0.05, 0) is 38.9 Å². The molecule has 150 valence electrons. The average molecular weight is 365 g/mol. The average Bonchev–Trinajstić information content (AvgIpc) is 2.31. The Morgan fingerprint density at radius 1 is 0.885 bits per heavy atom. The summed E-state index contributed by atoms with van der Waals surface area (Å²) in [5.74, 6) is -1.22. The molecule has 2 N–H and O–H groups in total. The second-order valence-corrected chi connectivity index (χ2v) is 12.0. The Kier molecular flexibility index (Phi) is 5.49. The lowest BCUT2D eigenvalue weighted by Gasteiger charge is -2.59. The molecule has 1 aliphatic carbocycles. The molecule has 0 bridgehead atoms. The zero-order valence-electron chi connectivity index (χ0n) is 19.0. The first-order chi connectivity index (χ1) is 11.2. The largest absolute Gasteiger partial charge is 0.478 e. The van der Waals surface area contributed by atoms with Gasteiger partial charge in [-0.25, -0.2) is 4.79 Å². The summed E-state index contributed by atoms with van der Waals surface area (Å²) in [6.07, 6.45) is 1.76. The molecule has 3 heteroatoms. The molecule has 0 aromatic rings. The summed E-state index contributed by atoms with van der Waals surface area (Å²) < 4.78 is 0. The summed E-state index contributed by atoms with van der Waals surface area (Å²) in [6.45, 7) is 24.8. The first kappa shape index (κ1) is 23.0. The van der Waals surface area contributed by atoms with E-state index in [1.807, 2.05) is 20.8 Å². The number of carbonyl (C=O) groups is 1. The lowest BCUT2D eigenvalue weighted by molar-refractivity contribution is -0.133. The molecular formula is C23H40O3. The van der Waals surface area contributed by atoms with Crippen molar-refractivity contribution < 1.29 is 15.0 Å². The molecule has 0 amide bonds. The molecule has 2 unspecified atom stereocenters. The fourth-order valence-electron chi connectivity index (χ4n) is 4.55. The van der Waals surface area contributed by atoms with Gasteiger partial charge in [0, 0.05) is 5.92 Å². The van der Waals surface area contributed by atoms with E-state index in [0.29, 0.717) is 5.57 Å². The normalized spacial score (nSPS) is 26.0. The van der Waals surface area contributed by atoms with Crippen LogP contribution in [0.2, 0.25) is 0 Å². The highest BCUT2D eigenvalue weighted by Crippen LogP contribution is 2.60. The third-order valence-electron chi connectivity index (χ3n) is 5.55. The topological polar surface area (TPSA) is 57.5 Å². The summed E-state index contributed by atoms with van der Waals surface area (Å²) in [7, 11) is 0. The summed E-state index contributed by atoms with van der Waals surface area (Å²) in [4.78, 5) is 12.2. The second-order valence-electron chi connectivity index (χ2n) is 12.0. The molecule has 1 aliphatic rings. The molecular weight excluding hydrogens is 324 g/mol. The van der Waals surface area contributed by atoms with Gasteiger partial charge in [-0.1, -0.05) is 83.1 Å². The van der Waals surface area contributed by atoms with Crippen molar-refractivity contribution in [3.8, 4) is 0 Å². The SMILES string of the molecule is CC(C)(C)C1=CC(C(=O)O)=C(C(C)(C)C)C(C(C)(C)C)C1(O)C(C)(C)C. The van der Waals surface area contributed by atoms with Gasteiger partial charge < -0.3 is 10.2 Å². The molecule has 0 fully saturated rings. The molecule has 0 saturated carbocycles. The van der Waals surface area contributed by atoms with Crippen molar-refractivity contribution in [2.45, 2.75) is 88.7 Å². The number of aliphatic carboxylic acids is 1. The van der Waals surface area contributed by atoms with Crippen LogP contribution in [-0.4, -0.2) is 21.8 Å². The lowest BCUT2D eigenvalue weighted by atomic mass is 9.48. The van der Waals surface area contributed by atoms with Gasteiger partial charge in [-0.2, -0.15) is 0 Å². The van der Waals surface area contributed by atoms with Crippen molar-refractivity contribution in [2.24, 2.45) is 27.6 Å². The predicted octanol–water partition coefficient (Wildman–Crippen LogP) is 5.84. The van der Waals surface area contributed by atoms with Crippen LogP contribution in [0.5, 0.6) is 0 Å². The van der Waals surface area contributed by atoms with E-state index in [0.717, 1.165) is 11.1 Å². The minimum absolute atomic E-state index is 0.305. The molecule has 0 spiro atoms. The van der Waals surface area contributed by atoms with Gasteiger partial charge in [0.15, 0.2) is 0 Å². The molecule has 26 heavy (non-hydrogen) atoms. The quantitative estimate of drug-likeness (QED) is 0.614. The van der Waals surface area contributed by atoms with Gasteiger partial charge in [0.25, 0.3) is 0 Å². The van der Waals surface area contributed by atoms with E-state index in [2.05, 4.69) is 62.3 Å². The highest BCUT2D eigenvalue weighted by molar-refractivity contribution is 5.92. The van der Waals surface area contributed by atoms with Crippen LogP contribution in [0.1, 0.15) is 83.1 Å². The third-order valence-corrected chi connectivity index (χ3v) is 5.55. The zero-order valence-corrected chi connectivity index (χ0v) is 19.0. The maximum atomic E-state index is 12.3. The van der Waals surface area contributed by atoms with Crippen molar-refractivity contribution in [3.63, 3.8) is 0 Å². The Hall–Kier alpha value is -1.09. The minimum Gasteiger partial charge on any atom is -0.478 e. The zero-order chi connectivity index (χ0) is 21.1. The monoisotopic (exact) mass is 364 g/mol. The highest BCUT2D eigenvalue weighted by atomic mass is 16.4. The summed E-state index contributed by atoms with van der Waals surface area (Å²) in [5, 5.41) is 22.4. The molecule has 0 saturated heterocycles. The number of carboxylic acid groups (broad SMARTS) is 1. The van der Waals surface area contributed by atoms with E-state index in [-0.39, 0.29) is 22.2 Å². The molecule has 0 aromatic carbocycles. The van der Waals surface area contributed by atoms with Crippen molar-refractivity contribution in [3.05, 3.63) is 22.8 Å². The van der Waals surface area contributed by atoms with E-state index in [9.17, 15) is 15.0 Å². The minimum atomic E-state index is -1.15. The van der Waals surface area contributed by atoms with Gasteiger partial charge in [0.1, 0.15) is 0 Å². The van der Waals surface area contributed by atoms with Crippen LogP contribution in [0.4, 0.5) is 0 Å². The van der Waals surface area contributed by atoms with Crippen LogP contribution >= 0.6 is 0 Å². The summed E-state index contributed by atoms with van der Waals surface area (Å²) in [5.41, 5.74) is -0.645. The lowest BCUT2D eigenvalue weighted by Crippen LogP contribution is -2.60. The number of hydrogen-bond donors (Lipinski definition) is 2. The summed E-state index contributed by atoms with van der Waals surface area (Å²) in [6, 6.07) is 0. The Morgan fingerprint density at radius 2 is 1.31 bits per heavy atom. The van der Waals surface area contributed by atoms with Crippen LogP contribution in [0.3, 0.4) is 0 Å². The smallest absolute Gasteiger partial charge is 0.335 e. The Balaban J connectivity index is 4.18. The maximum Gasteiger partial charge on any atom is 0.335 e. The molecule has 0 heterocycles.